The van der Waals surface area contributed by atoms with Gasteiger partial charge in [-0.2, -0.15) is 0 Å². The van der Waals surface area contributed by atoms with Crippen molar-refractivity contribution in [3.05, 3.63) is 18.2 Å². The van der Waals surface area contributed by atoms with Crippen LogP contribution in [0.3, 0.4) is 0 Å². The summed E-state index contributed by atoms with van der Waals surface area (Å²) in [5.74, 6) is 0.615. The van der Waals surface area contributed by atoms with E-state index < -0.39 is 6.04 Å². The van der Waals surface area contributed by atoms with E-state index in [1.165, 1.54) is 0 Å². The van der Waals surface area contributed by atoms with Crippen LogP contribution >= 0.6 is 0 Å². The number of nitrogens with one attached hydrogen (secondary N) is 2. The largest absolute Gasteiger partial charge is 0.385 e. The zero-order chi connectivity index (χ0) is 13.4. The van der Waals surface area contributed by atoms with E-state index in [4.69, 9.17) is 10.5 Å². The maximum Gasteiger partial charge on any atom is 0.237 e. The number of hydrogen-bond donors (Lipinski definition) is 3. The molecule has 0 aliphatic heterocycles. The molecule has 0 saturated heterocycles. The van der Waals surface area contributed by atoms with E-state index in [1.807, 2.05) is 6.92 Å². The van der Waals surface area contributed by atoms with Gasteiger partial charge in [0, 0.05) is 26.1 Å². The Labute approximate surface area is 107 Å². The van der Waals surface area contributed by atoms with Crippen LogP contribution in [0.15, 0.2) is 12.4 Å². The van der Waals surface area contributed by atoms with Gasteiger partial charge in [0.2, 0.25) is 5.91 Å². The van der Waals surface area contributed by atoms with Gasteiger partial charge < -0.3 is 20.8 Å². The van der Waals surface area contributed by atoms with Crippen LogP contribution < -0.4 is 11.1 Å². The zero-order valence-corrected chi connectivity index (χ0v) is 11.0. The summed E-state index contributed by atoms with van der Waals surface area (Å²) in [6.45, 7) is 2.61. The Bertz CT molecular complexity index is 340. The van der Waals surface area contributed by atoms with Crippen LogP contribution in [0.4, 0.5) is 0 Å². The highest BCUT2D eigenvalue weighted by atomic mass is 16.5. The lowest BCUT2D eigenvalue weighted by molar-refractivity contribution is -0.123. The second-order valence-electron chi connectivity index (χ2n) is 4.19. The SMILES string of the molecule is CCC(NC(=O)C(N)CCCOC)c1ncc[nH]1. The van der Waals surface area contributed by atoms with E-state index in [0.717, 1.165) is 18.7 Å². The Kier molecular flexibility index (Phi) is 6.38. The van der Waals surface area contributed by atoms with E-state index in [9.17, 15) is 4.79 Å². The van der Waals surface area contributed by atoms with E-state index in [0.29, 0.717) is 13.0 Å². The minimum atomic E-state index is -0.496. The first-order chi connectivity index (χ1) is 8.69. The molecule has 1 heterocycles. The second kappa shape index (κ2) is 7.84. The van der Waals surface area contributed by atoms with E-state index in [1.54, 1.807) is 19.5 Å². The highest BCUT2D eigenvalue weighted by Gasteiger charge is 2.19. The summed E-state index contributed by atoms with van der Waals surface area (Å²) in [6, 6.07) is -0.606. The Morgan fingerprint density at radius 1 is 1.67 bits per heavy atom. The molecule has 0 saturated carbocycles. The number of aromatic nitrogens is 2. The monoisotopic (exact) mass is 254 g/mol. The van der Waals surface area contributed by atoms with Crippen LogP contribution in [-0.4, -0.2) is 35.6 Å². The molecule has 2 unspecified atom stereocenters. The van der Waals surface area contributed by atoms with Crippen LogP contribution in [0.5, 0.6) is 0 Å². The number of carbonyl (C=O) groups excluding carboxylic acids is 1. The summed E-state index contributed by atoms with van der Waals surface area (Å²) in [5.41, 5.74) is 5.82. The van der Waals surface area contributed by atoms with Crippen molar-refractivity contribution < 1.29 is 9.53 Å². The number of nitrogens with two attached hydrogens (primary N) is 1. The normalized spacial score (nSPS) is 14.2. The molecule has 6 heteroatoms. The standard InChI is InChI=1S/C12H22N4O2/c1-3-10(11-14-6-7-15-11)16-12(17)9(13)5-4-8-18-2/h6-7,9-10H,3-5,8,13H2,1-2H3,(H,14,15)(H,16,17). The van der Waals surface area contributed by atoms with E-state index in [2.05, 4.69) is 15.3 Å². The van der Waals surface area contributed by atoms with Gasteiger partial charge in [0.05, 0.1) is 12.1 Å². The molecule has 0 aliphatic rings. The summed E-state index contributed by atoms with van der Waals surface area (Å²) in [6.07, 6.45) is 5.58. The zero-order valence-electron chi connectivity index (χ0n) is 11.0. The van der Waals surface area contributed by atoms with Crippen molar-refractivity contribution in [2.24, 2.45) is 5.73 Å². The van der Waals surface area contributed by atoms with Crippen LogP contribution in [0.2, 0.25) is 0 Å². The van der Waals surface area contributed by atoms with Crippen LogP contribution in [-0.2, 0) is 9.53 Å². The molecule has 6 nitrogen and oxygen atoms in total. The molecule has 1 amide bonds. The van der Waals surface area contributed by atoms with Crippen molar-refractivity contribution >= 4 is 5.91 Å². The minimum Gasteiger partial charge on any atom is -0.385 e. The fraction of sp³-hybridized carbons (Fsp3) is 0.667. The Morgan fingerprint density at radius 2 is 2.44 bits per heavy atom. The summed E-state index contributed by atoms with van der Waals surface area (Å²) < 4.78 is 4.93. The number of carbonyl (C=O) groups is 1. The fourth-order valence-corrected chi connectivity index (χ4v) is 1.69. The first-order valence-electron chi connectivity index (χ1n) is 6.23. The average molecular weight is 254 g/mol. The molecule has 4 N–H and O–H groups in total. The lowest BCUT2D eigenvalue weighted by Crippen LogP contribution is -2.42. The second-order valence-corrected chi connectivity index (χ2v) is 4.19. The number of rotatable bonds is 8. The molecule has 0 aliphatic carbocycles. The van der Waals surface area contributed by atoms with Crippen molar-refractivity contribution in [1.82, 2.24) is 15.3 Å². The third kappa shape index (κ3) is 4.46. The predicted octanol–water partition coefficient (Wildman–Crippen LogP) is 0.731. The van der Waals surface area contributed by atoms with Crippen molar-refractivity contribution in [2.75, 3.05) is 13.7 Å². The van der Waals surface area contributed by atoms with Crippen molar-refractivity contribution in [3.8, 4) is 0 Å². The van der Waals surface area contributed by atoms with Crippen molar-refractivity contribution in [3.63, 3.8) is 0 Å². The highest BCUT2D eigenvalue weighted by molar-refractivity contribution is 5.81. The van der Waals surface area contributed by atoms with Gasteiger partial charge in [-0.25, -0.2) is 4.98 Å². The maximum absolute atomic E-state index is 11.9. The number of methoxy groups -OCH3 is 1. The summed E-state index contributed by atoms with van der Waals surface area (Å²) in [4.78, 5) is 19.0. The first kappa shape index (κ1) is 14.7. The number of ether oxygens (including phenoxy) is 1. The molecule has 2 atom stereocenters. The quantitative estimate of drug-likeness (QED) is 0.596. The van der Waals surface area contributed by atoms with Gasteiger partial charge >= 0.3 is 0 Å². The number of aromatic amines is 1. The lowest BCUT2D eigenvalue weighted by atomic mass is 10.1. The molecular formula is C12H22N4O2. The molecule has 1 aromatic heterocycles. The smallest absolute Gasteiger partial charge is 0.237 e. The summed E-state index contributed by atoms with van der Waals surface area (Å²) in [5, 5.41) is 2.90. The lowest BCUT2D eigenvalue weighted by Gasteiger charge is -2.18. The first-order valence-corrected chi connectivity index (χ1v) is 6.23. The molecule has 1 rings (SSSR count). The van der Waals surface area contributed by atoms with Crippen molar-refractivity contribution in [1.29, 1.82) is 0 Å². The van der Waals surface area contributed by atoms with E-state index >= 15 is 0 Å². The summed E-state index contributed by atoms with van der Waals surface area (Å²) >= 11 is 0. The number of H-pyrrole nitrogens is 1. The van der Waals surface area contributed by atoms with Gasteiger partial charge in [-0.1, -0.05) is 6.92 Å². The Morgan fingerprint density at radius 3 is 3.00 bits per heavy atom. The number of hydrogen-bond acceptors (Lipinski definition) is 4. The van der Waals surface area contributed by atoms with Gasteiger partial charge in [0.15, 0.2) is 0 Å². The average Bonchev–Trinajstić information content (AvgIpc) is 2.89. The third-order valence-corrected chi connectivity index (χ3v) is 2.77. The topological polar surface area (TPSA) is 93.0 Å². The van der Waals surface area contributed by atoms with Crippen LogP contribution in [0.1, 0.15) is 38.1 Å². The molecule has 0 fully saturated rings. The van der Waals surface area contributed by atoms with Gasteiger partial charge in [-0.15, -0.1) is 0 Å². The number of nitrogens with zero attached hydrogens (tertiary/aromatic N) is 1. The maximum atomic E-state index is 11.9. The van der Waals surface area contributed by atoms with Crippen LogP contribution in [0, 0.1) is 0 Å². The molecule has 0 aromatic carbocycles. The molecule has 0 radical (unpaired) electrons. The third-order valence-electron chi connectivity index (χ3n) is 2.77. The molecule has 1 aromatic rings. The van der Waals surface area contributed by atoms with Gasteiger partial charge in [0.1, 0.15) is 5.82 Å². The predicted molar refractivity (Wildman–Crippen MR) is 68.8 cm³/mol. The Balaban J connectivity index is 2.42. The number of imidazole rings is 1. The Hall–Kier alpha value is -1.40. The summed E-state index contributed by atoms with van der Waals surface area (Å²) in [7, 11) is 1.63. The van der Waals surface area contributed by atoms with Crippen LogP contribution in [0.25, 0.3) is 0 Å². The van der Waals surface area contributed by atoms with Gasteiger partial charge in [0.25, 0.3) is 0 Å². The van der Waals surface area contributed by atoms with E-state index in [-0.39, 0.29) is 11.9 Å². The molecule has 0 bridgehead atoms. The number of amides is 1. The minimum absolute atomic E-state index is 0.110. The highest BCUT2D eigenvalue weighted by Crippen LogP contribution is 2.11. The van der Waals surface area contributed by atoms with Crippen molar-refractivity contribution in [2.45, 2.75) is 38.3 Å². The molecule has 0 spiro atoms. The fourth-order valence-electron chi connectivity index (χ4n) is 1.69. The molecule has 102 valence electrons. The van der Waals surface area contributed by atoms with Gasteiger partial charge in [-0.05, 0) is 19.3 Å². The van der Waals surface area contributed by atoms with Gasteiger partial charge in [-0.3, -0.25) is 4.79 Å². The molecule has 18 heavy (non-hydrogen) atoms. The molecular weight excluding hydrogens is 232 g/mol.